The first kappa shape index (κ1) is 15.5. The number of carbonyl (C=O) groups is 1. The van der Waals surface area contributed by atoms with Crippen LogP contribution in [0.2, 0.25) is 0 Å². The standard InChI is InChI=1S/C15H29NO2/c1-4-5-10-13-16(2,3)15(14(17)18)11-8-6-7-9-12-15/h4-13H2,1-3H3/p+1. The number of aliphatic carboxylic acids is 1. The lowest BCUT2D eigenvalue weighted by Crippen LogP contribution is -2.64. The van der Waals surface area contributed by atoms with Crippen LogP contribution in [0.15, 0.2) is 0 Å². The van der Waals surface area contributed by atoms with Crippen molar-refractivity contribution in [2.75, 3.05) is 20.6 Å². The zero-order valence-electron chi connectivity index (χ0n) is 12.4. The molecule has 0 aromatic carbocycles. The minimum atomic E-state index is -0.578. The van der Waals surface area contributed by atoms with Gasteiger partial charge in [-0.1, -0.05) is 26.2 Å². The lowest BCUT2D eigenvalue weighted by Gasteiger charge is -2.45. The van der Waals surface area contributed by atoms with Gasteiger partial charge in [0, 0.05) is 12.8 Å². The third-order valence-electron chi connectivity index (χ3n) is 4.81. The molecule has 0 bridgehead atoms. The van der Waals surface area contributed by atoms with Crippen LogP contribution in [0.3, 0.4) is 0 Å². The maximum absolute atomic E-state index is 11.9. The number of hydrogen-bond donors (Lipinski definition) is 1. The van der Waals surface area contributed by atoms with Gasteiger partial charge in [-0.15, -0.1) is 0 Å². The first-order valence-electron chi connectivity index (χ1n) is 7.53. The topological polar surface area (TPSA) is 37.3 Å². The van der Waals surface area contributed by atoms with Gasteiger partial charge in [0.2, 0.25) is 0 Å². The van der Waals surface area contributed by atoms with Gasteiger partial charge in [-0.05, 0) is 25.7 Å². The number of hydrogen-bond acceptors (Lipinski definition) is 1. The molecule has 1 fully saturated rings. The monoisotopic (exact) mass is 256 g/mol. The van der Waals surface area contributed by atoms with Crippen molar-refractivity contribution in [3.05, 3.63) is 0 Å². The van der Waals surface area contributed by atoms with E-state index in [1.54, 1.807) is 0 Å². The SMILES string of the molecule is CCCCC[N+](C)(C)C1(C(=O)O)CCCCCC1. The van der Waals surface area contributed by atoms with E-state index in [0.29, 0.717) is 4.48 Å². The lowest BCUT2D eigenvalue weighted by molar-refractivity contribution is -0.933. The second-order valence-corrected chi connectivity index (χ2v) is 6.37. The summed E-state index contributed by atoms with van der Waals surface area (Å²) in [5, 5.41) is 9.79. The predicted molar refractivity (Wildman–Crippen MR) is 74.6 cm³/mol. The van der Waals surface area contributed by atoms with Gasteiger partial charge in [-0.2, -0.15) is 0 Å². The molecular weight excluding hydrogens is 226 g/mol. The van der Waals surface area contributed by atoms with E-state index in [-0.39, 0.29) is 0 Å². The molecule has 0 atom stereocenters. The van der Waals surface area contributed by atoms with E-state index in [2.05, 4.69) is 21.0 Å². The molecule has 3 heteroatoms. The van der Waals surface area contributed by atoms with Gasteiger partial charge >= 0.3 is 5.97 Å². The number of likely N-dealkylation sites (N-methyl/N-ethyl adjacent to an activating group) is 1. The van der Waals surface area contributed by atoms with Gasteiger partial charge in [-0.3, -0.25) is 0 Å². The molecule has 3 nitrogen and oxygen atoms in total. The molecule has 0 radical (unpaired) electrons. The molecule has 0 amide bonds. The van der Waals surface area contributed by atoms with Crippen LogP contribution in [0.25, 0.3) is 0 Å². The number of rotatable bonds is 6. The summed E-state index contributed by atoms with van der Waals surface area (Å²) in [6.45, 7) is 3.18. The molecule has 1 saturated carbocycles. The van der Waals surface area contributed by atoms with Gasteiger partial charge in [0.1, 0.15) is 0 Å². The fourth-order valence-corrected chi connectivity index (χ4v) is 3.36. The molecule has 18 heavy (non-hydrogen) atoms. The Morgan fingerprint density at radius 2 is 1.67 bits per heavy atom. The minimum absolute atomic E-state index is 0.537. The van der Waals surface area contributed by atoms with E-state index in [0.717, 1.165) is 38.6 Å². The first-order valence-corrected chi connectivity index (χ1v) is 7.53. The number of quaternary nitrogens is 1. The smallest absolute Gasteiger partial charge is 0.365 e. The normalized spacial score (nSPS) is 20.4. The molecule has 0 aromatic heterocycles. The Kier molecular flexibility index (Phi) is 5.64. The van der Waals surface area contributed by atoms with Crippen LogP contribution >= 0.6 is 0 Å². The summed E-state index contributed by atoms with van der Waals surface area (Å²) in [6, 6.07) is 0. The molecule has 0 unspecified atom stereocenters. The fourth-order valence-electron chi connectivity index (χ4n) is 3.36. The molecule has 1 N–H and O–H groups in total. The van der Waals surface area contributed by atoms with Crippen molar-refractivity contribution >= 4 is 5.97 Å². The summed E-state index contributed by atoms with van der Waals surface area (Å²) in [5.74, 6) is -0.578. The number of carboxylic acid groups (broad SMARTS) is 1. The molecule has 106 valence electrons. The summed E-state index contributed by atoms with van der Waals surface area (Å²) < 4.78 is 0.655. The minimum Gasteiger partial charge on any atom is -0.477 e. The zero-order valence-corrected chi connectivity index (χ0v) is 12.4. The van der Waals surface area contributed by atoms with Crippen molar-refractivity contribution in [3.63, 3.8) is 0 Å². The van der Waals surface area contributed by atoms with Gasteiger partial charge in [0.15, 0.2) is 5.54 Å². The maximum Gasteiger partial charge on any atom is 0.365 e. The predicted octanol–water partition coefficient (Wildman–Crippen LogP) is 3.43. The molecule has 0 aromatic rings. The third-order valence-corrected chi connectivity index (χ3v) is 4.81. The van der Waals surface area contributed by atoms with Crippen LogP contribution in [-0.2, 0) is 4.79 Å². The van der Waals surface area contributed by atoms with E-state index < -0.39 is 11.5 Å². The highest BCUT2D eigenvalue weighted by Gasteiger charge is 2.51. The molecule has 0 spiro atoms. The van der Waals surface area contributed by atoms with Crippen LogP contribution in [0.4, 0.5) is 0 Å². The average molecular weight is 256 g/mol. The van der Waals surface area contributed by atoms with E-state index in [4.69, 9.17) is 0 Å². The molecule has 1 rings (SSSR count). The Balaban J connectivity index is 2.83. The van der Waals surface area contributed by atoms with Crippen LogP contribution in [0.5, 0.6) is 0 Å². The van der Waals surface area contributed by atoms with Crippen LogP contribution in [0, 0.1) is 0 Å². The van der Waals surface area contributed by atoms with Gasteiger partial charge in [0.25, 0.3) is 0 Å². The van der Waals surface area contributed by atoms with Crippen molar-refractivity contribution in [2.45, 2.75) is 70.3 Å². The summed E-state index contributed by atoms with van der Waals surface area (Å²) in [6.07, 6.45) is 9.77. The Bertz CT molecular complexity index is 266. The lowest BCUT2D eigenvalue weighted by atomic mass is 9.86. The van der Waals surface area contributed by atoms with E-state index in [1.807, 2.05) is 0 Å². The highest BCUT2D eigenvalue weighted by atomic mass is 16.4. The van der Waals surface area contributed by atoms with Crippen molar-refractivity contribution in [2.24, 2.45) is 0 Å². The molecular formula is C15H30NO2+. The van der Waals surface area contributed by atoms with Crippen LogP contribution < -0.4 is 0 Å². The summed E-state index contributed by atoms with van der Waals surface area (Å²) in [4.78, 5) is 11.9. The Hall–Kier alpha value is -0.570. The summed E-state index contributed by atoms with van der Waals surface area (Å²) >= 11 is 0. The van der Waals surface area contributed by atoms with E-state index in [9.17, 15) is 9.90 Å². The number of nitrogens with zero attached hydrogens (tertiary/aromatic N) is 1. The van der Waals surface area contributed by atoms with E-state index >= 15 is 0 Å². The fraction of sp³-hybridized carbons (Fsp3) is 0.933. The van der Waals surface area contributed by atoms with Crippen molar-refractivity contribution in [3.8, 4) is 0 Å². The van der Waals surface area contributed by atoms with Crippen molar-refractivity contribution in [1.82, 2.24) is 0 Å². The molecule has 0 aliphatic heterocycles. The van der Waals surface area contributed by atoms with Gasteiger partial charge < -0.3 is 9.59 Å². The largest absolute Gasteiger partial charge is 0.477 e. The second kappa shape index (κ2) is 6.55. The van der Waals surface area contributed by atoms with Crippen molar-refractivity contribution in [1.29, 1.82) is 0 Å². The molecule has 1 aliphatic rings. The molecule has 0 saturated heterocycles. The Labute approximate surface area is 112 Å². The highest BCUT2D eigenvalue weighted by molar-refractivity contribution is 5.77. The molecule has 1 aliphatic carbocycles. The zero-order chi connectivity index (χ0) is 13.6. The van der Waals surface area contributed by atoms with Crippen molar-refractivity contribution < 1.29 is 14.4 Å². The molecule has 0 heterocycles. The quantitative estimate of drug-likeness (QED) is 0.449. The van der Waals surface area contributed by atoms with Gasteiger partial charge in [0.05, 0.1) is 20.6 Å². The van der Waals surface area contributed by atoms with E-state index in [1.165, 1.54) is 25.7 Å². The Morgan fingerprint density at radius 3 is 2.11 bits per heavy atom. The number of carboxylic acids is 1. The highest BCUT2D eigenvalue weighted by Crippen LogP contribution is 2.36. The van der Waals surface area contributed by atoms with Crippen LogP contribution in [0.1, 0.15) is 64.7 Å². The maximum atomic E-state index is 11.9. The third kappa shape index (κ3) is 3.25. The first-order chi connectivity index (χ1) is 8.46. The summed E-state index contributed by atoms with van der Waals surface area (Å²) in [5.41, 5.74) is -0.537. The number of unbranched alkanes of at least 4 members (excludes halogenated alkanes) is 2. The van der Waals surface area contributed by atoms with Crippen LogP contribution in [-0.4, -0.2) is 41.7 Å². The second-order valence-electron chi connectivity index (χ2n) is 6.37. The average Bonchev–Trinajstić information content (AvgIpc) is 2.55. The summed E-state index contributed by atoms with van der Waals surface area (Å²) in [7, 11) is 4.24. The Morgan fingerprint density at radius 1 is 1.11 bits per heavy atom. The van der Waals surface area contributed by atoms with Gasteiger partial charge in [-0.25, -0.2) is 4.79 Å².